The Balaban J connectivity index is 1.61. The highest BCUT2D eigenvalue weighted by molar-refractivity contribution is 5.82. The molecular formula is C34H61F2N3O2. The zero-order valence-corrected chi connectivity index (χ0v) is 26.9. The molecule has 3 rings (SSSR count). The van der Waals surface area contributed by atoms with Crippen LogP contribution in [0.2, 0.25) is 0 Å². The molecule has 0 spiro atoms. The van der Waals surface area contributed by atoms with E-state index in [9.17, 15) is 14.0 Å². The first-order valence-corrected chi connectivity index (χ1v) is 17.1. The predicted octanol–water partition coefficient (Wildman–Crippen LogP) is 7.23. The van der Waals surface area contributed by atoms with Crippen LogP contribution in [0.1, 0.15) is 125 Å². The Morgan fingerprint density at radius 2 is 1.68 bits per heavy atom. The summed E-state index contributed by atoms with van der Waals surface area (Å²) in [6, 6.07) is -0.0530. The lowest BCUT2D eigenvalue weighted by molar-refractivity contribution is -0.134. The van der Waals surface area contributed by atoms with Crippen molar-refractivity contribution in [1.82, 2.24) is 15.5 Å². The van der Waals surface area contributed by atoms with E-state index in [-0.39, 0.29) is 29.6 Å². The summed E-state index contributed by atoms with van der Waals surface area (Å²) < 4.78 is 29.2. The molecule has 1 heterocycles. The van der Waals surface area contributed by atoms with Crippen LogP contribution in [0.5, 0.6) is 0 Å². The third kappa shape index (κ3) is 9.37. The molecule has 2 aliphatic carbocycles. The Hall–Kier alpha value is -1.24. The number of unbranched alkanes of at least 4 members (excludes halogenated alkanes) is 1. The Kier molecular flexibility index (Phi) is 13.8. The van der Waals surface area contributed by atoms with Crippen molar-refractivity contribution < 1.29 is 18.4 Å². The van der Waals surface area contributed by atoms with Crippen LogP contribution in [-0.4, -0.2) is 61.3 Å². The van der Waals surface area contributed by atoms with Gasteiger partial charge in [-0.25, -0.2) is 8.78 Å². The first-order valence-electron chi connectivity index (χ1n) is 17.1. The minimum atomic E-state index is -1.03. The highest BCUT2D eigenvalue weighted by Gasteiger charge is 2.40. The van der Waals surface area contributed by atoms with E-state index in [1.54, 1.807) is 6.92 Å². The molecule has 5 nitrogen and oxygen atoms in total. The summed E-state index contributed by atoms with van der Waals surface area (Å²) in [5, 5.41) is 6.19. The number of carbonyl (C=O) groups excluding carboxylic acids is 2. The molecular weight excluding hydrogens is 520 g/mol. The normalized spacial score (nSPS) is 31.1. The molecule has 1 saturated heterocycles. The molecule has 2 N–H and O–H groups in total. The number of nitrogens with zero attached hydrogens (tertiary/aromatic N) is 1. The molecule has 7 atom stereocenters. The number of nitrogens with one attached hydrogen (secondary N) is 2. The van der Waals surface area contributed by atoms with Crippen LogP contribution in [0.25, 0.3) is 0 Å². The SMILES string of the molecule is CCCCC(C)[C@](C)(CF)C(=O)NCCCC(C(=O)NC1CC(N2CCCC2)CCC1F)C(C)C1CCC(C)CC1. The van der Waals surface area contributed by atoms with Crippen molar-refractivity contribution in [3.63, 3.8) is 0 Å². The summed E-state index contributed by atoms with van der Waals surface area (Å²) in [4.78, 5) is 29.4. The molecule has 3 fully saturated rings. The van der Waals surface area contributed by atoms with Gasteiger partial charge in [0.2, 0.25) is 11.8 Å². The second-order valence-electron chi connectivity index (χ2n) is 14.3. The van der Waals surface area contributed by atoms with Gasteiger partial charge < -0.3 is 15.5 Å². The maximum atomic E-state index is 15.1. The summed E-state index contributed by atoms with van der Waals surface area (Å²) in [6.45, 7) is 12.3. The van der Waals surface area contributed by atoms with Gasteiger partial charge in [0, 0.05) is 18.5 Å². The molecule has 3 aliphatic rings. The lowest BCUT2D eigenvalue weighted by Crippen LogP contribution is -2.52. The van der Waals surface area contributed by atoms with E-state index in [1.165, 1.54) is 25.7 Å². The number of likely N-dealkylation sites (tertiary alicyclic amines) is 1. The number of amides is 2. The van der Waals surface area contributed by atoms with Gasteiger partial charge in [-0.3, -0.25) is 9.59 Å². The minimum Gasteiger partial charge on any atom is -0.356 e. The molecule has 238 valence electrons. The van der Waals surface area contributed by atoms with E-state index in [0.717, 1.165) is 57.5 Å². The quantitative estimate of drug-likeness (QED) is 0.201. The van der Waals surface area contributed by atoms with Gasteiger partial charge in [-0.2, -0.15) is 0 Å². The van der Waals surface area contributed by atoms with Crippen molar-refractivity contribution in [3.05, 3.63) is 0 Å². The van der Waals surface area contributed by atoms with E-state index in [0.29, 0.717) is 44.2 Å². The molecule has 7 heteroatoms. The monoisotopic (exact) mass is 581 g/mol. The number of hydrogen-bond acceptors (Lipinski definition) is 3. The second-order valence-corrected chi connectivity index (χ2v) is 14.3. The standard InChI is InChI=1S/C34H61F2N3O2/c1-6-7-11-25(3)34(5,23-35)33(41)37-19-10-12-29(26(4)27-15-13-24(2)14-16-27)32(40)38-31-22-28(17-18-30(31)36)39-20-8-9-21-39/h24-31H,6-23H2,1-5H3,(H,37,41)(H,38,40)/t24?,25?,26?,27?,28?,29?,30?,31?,34-/m0/s1. The van der Waals surface area contributed by atoms with Crippen LogP contribution in [0.15, 0.2) is 0 Å². The lowest BCUT2D eigenvalue weighted by atomic mass is 9.71. The third-order valence-corrected chi connectivity index (χ3v) is 11.4. The summed E-state index contributed by atoms with van der Waals surface area (Å²) in [6.07, 6.45) is 12.4. The first kappa shape index (κ1) is 34.3. The lowest BCUT2D eigenvalue weighted by Gasteiger charge is -2.39. The molecule has 0 aromatic heterocycles. The topological polar surface area (TPSA) is 61.4 Å². The highest BCUT2D eigenvalue weighted by atomic mass is 19.1. The number of hydrogen-bond donors (Lipinski definition) is 2. The minimum absolute atomic E-state index is 0.0149. The Labute approximate surface area is 249 Å². The Bertz CT molecular complexity index is 799. The van der Waals surface area contributed by atoms with Gasteiger partial charge in [-0.05, 0) is 108 Å². The van der Waals surface area contributed by atoms with Crippen molar-refractivity contribution in [3.8, 4) is 0 Å². The summed E-state index contributed by atoms with van der Waals surface area (Å²) in [7, 11) is 0. The van der Waals surface area contributed by atoms with Crippen molar-refractivity contribution in [2.24, 2.45) is 35.0 Å². The summed E-state index contributed by atoms with van der Waals surface area (Å²) in [5.74, 6) is 0.958. The number of halogens is 2. The van der Waals surface area contributed by atoms with E-state index in [4.69, 9.17) is 0 Å². The van der Waals surface area contributed by atoms with Crippen molar-refractivity contribution in [1.29, 1.82) is 0 Å². The second kappa shape index (κ2) is 16.6. The van der Waals surface area contributed by atoms with Crippen LogP contribution in [0.3, 0.4) is 0 Å². The van der Waals surface area contributed by atoms with E-state index in [1.807, 2.05) is 6.92 Å². The third-order valence-electron chi connectivity index (χ3n) is 11.4. The molecule has 0 radical (unpaired) electrons. The van der Waals surface area contributed by atoms with E-state index in [2.05, 4.69) is 36.3 Å². The summed E-state index contributed by atoms with van der Waals surface area (Å²) in [5.41, 5.74) is -1.03. The van der Waals surface area contributed by atoms with Gasteiger partial charge in [-0.1, -0.05) is 53.4 Å². The average molecular weight is 582 g/mol. The largest absolute Gasteiger partial charge is 0.356 e. The molecule has 2 saturated carbocycles. The fraction of sp³-hybridized carbons (Fsp3) is 0.941. The van der Waals surface area contributed by atoms with Crippen LogP contribution in [0.4, 0.5) is 8.78 Å². The molecule has 0 aromatic carbocycles. The van der Waals surface area contributed by atoms with Gasteiger partial charge >= 0.3 is 0 Å². The van der Waals surface area contributed by atoms with Gasteiger partial charge in [0.25, 0.3) is 0 Å². The van der Waals surface area contributed by atoms with Crippen molar-refractivity contribution in [2.75, 3.05) is 26.3 Å². The molecule has 1 aliphatic heterocycles. The van der Waals surface area contributed by atoms with Gasteiger partial charge in [0.1, 0.15) is 12.8 Å². The van der Waals surface area contributed by atoms with Crippen molar-refractivity contribution in [2.45, 2.75) is 143 Å². The first-order chi connectivity index (χ1) is 19.6. The molecule has 2 amide bonds. The fourth-order valence-corrected chi connectivity index (χ4v) is 7.73. The van der Waals surface area contributed by atoms with E-state index < -0.39 is 24.3 Å². The predicted molar refractivity (Wildman–Crippen MR) is 164 cm³/mol. The van der Waals surface area contributed by atoms with Crippen LogP contribution < -0.4 is 10.6 Å². The summed E-state index contributed by atoms with van der Waals surface area (Å²) >= 11 is 0. The van der Waals surface area contributed by atoms with E-state index >= 15 is 4.39 Å². The zero-order chi connectivity index (χ0) is 30.0. The van der Waals surface area contributed by atoms with Crippen LogP contribution in [-0.2, 0) is 9.59 Å². The maximum absolute atomic E-state index is 15.1. The number of carbonyl (C=O) groups is 2. The number of alkyl halides is 2. The molecule has 41 heavy (non-hydrogen) atoms. The molecule has 0 bridgehead atoms. The number of rotatable bonds is 15. The van der Waals surface area contributed by atoms with Gasteiger partial charge in [-0.15, -0.1) is 0 Å². The molecule has 6 unspecified atom stereocenters. The zero-order valence-electron chi connectivity index (χ0n) is 26.9. The Morgan fingerprint density at radius 3 is 2.32 bits per heavy atom. The maximum Gasteiger partial charge on any atom is 0.228 e. The highest BCUT2D eigenvalue weighted by Crippen LogP contribution is 2.38. The fourth-order valence-electron chi connectivity index (χ4n) is 7.73. The van der Waals surface area contributed by atoms with Gasteiger partial charge in [0.05, 0.1) is 11.5 Å². The van der Waals surface area contributed by atoms with Gasteiger partial charge in [0.15, 0.2) is 0 Å². The van der Waals surface area contributed by atoms with Crippen molar-refractivity contribution >= 4 is 11.8 Å². The molecule has 0 aromatic rings. The smallest absolute Gasteiger partial charge is 0.228 e. The Morgan fingerprint density at radius 1 is 1.00 bits per heavy atom. The average Bonchev–Trinajstić information content (AvgIpc) is 3.51. The van der Waals surface area contributed by atoms with Crippen LogP contribution >= 0.6 is 0 Å². The van der Waals surface area contributed by atoms with Crippen LogP contribution in [0, 0.1) is 35.0 Å².